The Morgan fingerprint density at radius 2 is 1.96 bits per heavy atom. The van der Waals surface area contributed by atoms with Crippen molar-refractivity contribution in [3.8, 4) is 10.7 Å². The Hall–Kier alpha value is -1.76. The first-order valence-electron chi connectivity index (χ1n) is 7.38. The minimum absolute atomic E-state index is 0.240. The monoisotopic (exact) mass is 344 g/mol. The van der Waals surface area contributed by atoms with E-state index in [-0.39, 0.29) is 5.56 Å². The van der Waals surface area contributed by atoms with E-state index in [1.54, 1.807) is 6.07 Å². The van der Waals surface area contributed by atoms with Crippen LogP contribution in [0.3, 0.4) is 0 Å². The lowest BCUT2D eigenvalue weighted by atomic mass is 10.3. The first kappa shape index (κ1) is 16.1. The highest BCUT2D eigenvalue weighted by Crippen LogP contribution is 2.24. The van der Waals surface area contributed by atoms with Gasteiger partial charge in [0.25, 0.3) is 5.56 Å². The molecule has 0 aliphatic carbocycles. The van der Waals surface area contributed by atoms with Gasteiger partial charge in [0.05, 0.1) is 16.8 Å². The van der Waals surface area contributed by atoms with Crippen LogP contribution in [0.5, 0.6) is 0 Å². The summed E-state index contributed by atoms with van der Waals surface area (Å²) in [7, 11) is 0. The summed E-state index contributed by atoms with van der Waals surface area (Å²) in [5, 5.41) is 1.22. The molecule has 0 radical (unpaired) electrons. The van der Waals surface area contributed by atoms with Crippen LogP contribution in [0.2, 0.25) is 0 Å². The van der Waals surface area contributed by atoms with Gasteiger partial charge in [0.1, 0.15) is 16.5 Å². The van der Waals surface area contributed by atoms with Crippen molar-refractivity contribution in [1.29, 1.82) is 0 Å². The van der Waals surface area contributed by atoms with Gasteiger partial charge in [-0.2, -0.15) is 4.98 Å². The number of benzene rings is 1. The maximum Gasteiger partial charge on any atom is 0.279 e. The Kier molecular flexibility index (Phi) is 5.05. The summed E-state index contributed by atoms with van der Waals surface area (Å²) in [6.07, 6.45) is 0.889. The van der Waals surface area contributed by atoms with Gasteiger partial charge in [0.2, 0.25) is 0 Å². The molecule has 1 unspecified atom stereocenters. The molecule has 118 valence electrons. The molecule has 1 aromatic carbocycles. The van der Waals surface area contributed by atoms with E-state index in [2.05, 4.69) is 9.97 Å². The van der Waals surface area contributed by atoms with Crippen molar-refractivity contribution in [3.63, 3.8) is 0 Å². The van der Waals surface area contributed by atoms with E-state index in [1.165, 1.54) is 11.3 Å². The van der Waals surface area contributed by atoms with E-state index in [4.69, 9.17) is 0 Å². The van der Waals surface area contributed by atoms with Gasteiger partial charge >= 0.3 is 0 Å². The van der Waals surface area contributed by atoms with E-state index in [9.17, 15) is 9.35 Å². The molecule has 23 heavy (non-hydrogen) atoms. The average Bonchev–Trinajstić information content (AvgIpc) is 2.55. The smallest absolute Gasteiger partial charge is 0.279 e. The molecule has 0 aliphatic rings. The number of aromatic nitrogens is 2. The predicted molar refractivity (Wildman–Crippen MR) is 96.1 cm³/mol. The van der Waals surface area contributed by atoms with Gasteiger partial charge in [-0.3, -0.25) is 4.79 Å². The lowest BCUT2D eigenvalue weighted by Gasteiger charge is -2.09. The number of hydrogen-bond donors (Lipinski definition) is 0. The number of pyridine rings is 1. The average molecular weight is 344 g/mol. The van der Waals surface area contributed by atoms with Crippen molar-refractivity contribution in [2.45, 2.75) is 19.1 Å². The summed E-state index contributed by atoms with van der Waals surface area (Å²) < 4.78 is 12.8. The third-order valence-corrected chi connectivity index (χ3v) is 5.84. The molecular formula is C17H16N2O2S2. The third kappa shape index (κ3) is 3.77. The zero-order valence-corrected chi connectivity index (χ0v) is 14.3. The predicted octanol–water partition coefficient (Wildman–Crippen LogP) is 3.38. The van der Waals surface area contributed by atoms with Crippen molar-refractivity contribution in [3.05, 3.63) is 58.5 Å². The van der Waals surface area contributed by atoms with Gasteiger partial charge in [0, 0.05) is 4.70 Å². The van der Waals surface area contributed by atoms with Crippen molar-refractivity contribution in [2.24, 2.45) is 0 Å². The fraction of sp³-hybridized carbons (Fsp3) is 0.235. The summed E-state index contributed by atoms with van der Waals surface area (Å²) in [4.78, 5) is 20.8. The SMILES string of the molecule is CCC[S+]([O-])Cc1cccc(-c2nc(=O)c3ccccc3s2)n1. The van der Waals surface area contributed by atoms with Gasteiger partial charge in [-0.25, -0.2) is 4.98 Å². The number of nitrogens with zero attached hydrogens (tertiary/aromatic N) is 2. The number of fused-ring (bicyclic) bond motifs is 1. The van der Waals surface area contributed by atoms with Crippen molar-refractivity contribution in [2.75, 3.05) is 5.75 Å². The first-order chi connectivity index (χ1) is 11.2. The van der Waals surface area contributed by atoms with E-state index < -0.39 is 11.2 Å². The molecule has 2 heterocycles. The molecule has 0 fully saturated rings. The third-order valence-electron chi connectivity index (χ3n) is 3.29. The second-order valence-electron chi connectivity index (χ2n) is 5.12. The molecule has 4 nitrogen and oxygen atoms in total. The highest BCUT2D eigenvalue weighted by atomic mass is 32.2. The molecule has 1 atom stereocenters. The summed E-state index contributed by atoms with van der Waals surface area (Å²) in [5.74, 6) is 1.11. The fourth-order valence-electron chi connectivity index (χ4n) is 2.27. The minimum atomic E-state index is -0.904. The Labute approximate surface area is 141 Å². The van der Waals surface area contributed by atoms with Crippen LogP contribution in [0, 0.1) is 0 Å². The standard InChI is InChI=1S/C17H16N2O2S2/c1-2-10-23(21)11-12-6-5-8-14(18-12)17-19-16(20)13-7-3-4-9-15(13)22-17/h3-9H,2,10-11H2,1H3. The molecule has 0 saturated heterocycles. The zero-order chi connectivity index (χ0) is 16.2. The molecule has 0 N–H and O–H groups in total. The van der Waals surface area contributed by atoms with Crippen molar-refractivity contribution < 1.29 is 4.55 Å². The normalized spacial score (nSPS) is 12.4. The molecule has 0 saturated carbocycles. The minimum Gasteiger partial charge on any atom is -0.616 e. The highest BCUT2D eigenvalue weighted by Gasteiger charge is 2.11. The molecule has 6 heteroatoms. The van der Waals surface area contributed by atoms with Crippen molar-refractivity contribution in [1.82, 2.24) is 9.97 Å². The highest BCUT2D eigenvalue weighted by molar-refractivity contribution is 7.90. The number of hydrogen-bond acceptors (Lipinski definition) is 5. The van der Waals surface area contributed by atoms with Crippen LogP contribution in [0.25, 0.3) is 20.8 Å². The Bertz CT molecular complexity index is 880. The van der Waals surface area contributed by atoms with Gasteiger partial charge in [-0.1, -0.05) is 25.1 Å². The second kappa shape index (κ2) is 7.21. The topological polar surface area (TPSA) is 65.9 Å². The van der Waals surface area contributed by atoms with Crippen LogP contribution < -0.4 is 5.56 Å². The molecule has 0 amide bonds. The van der Waals surface area contributed by atoms with E-state index in [0.717, 1.165) is 16.8 Å². The second-order valence-corrected chi connectivity index (χ2v) is 7.73. The Morgan fingerprint density at radius 3 is 2.78 bits per heavy atom. The van der Waals surface area contributed by atoms with E-state index in [0.29, 0.717) is 27.6 Å². The lowest BCUT2D eigenvalue weighted by Crippen LogP contribution is -2.10. The van der Waals surface area contributed by atoms with Crippen LogP contribution in [-0.4, -0.2) is 20.3 Å². The maximum absolute atomic E-state index is 12.1. The zero-order valence-electron chi connectivity index (χ0n) is 12.7. The largest absolute Gasteiger partial charge is 0.616 e. The van der Waals surface area contributed by atoms with E-state index in [1.807, 2.05) is 43.3 Å². The molecule has 0 bridgehead atoms. The summed E-state index contributed by atoms with van der Waals surface area (Å²) in [5.41, 5.74) is 1.18. The van der Waals surface area contributed by atoms with Gasteiger partial charge in [0.15, 0.2) is 0 Å². The van der Waals surface area contributed by atoms with Gasteiger partial charge in [-0.05, 0) is 41.9 Å². The summed E-state index contributed by atoms with van der Waals surface area (Å²) >= 11 is 0.539. The lowest BCUT2D eigenvalue weighted by molar-refractivity contribution is 0.592. The summed E-state index contributed by atoms with van der Waals surface area (Å²) in [6.45, 7) is 2.01. The Balaban J connectivity index is 1.97. The first-order valence-corrected chi connectivity index (χ1v) is 9.69. The molecule has 3 rings (SSSR count). The van der Waals surface area contributed by atoms with Crippen LogP contribution in [0.1, 0.15) is 19.0 Å². The van der Waals surface area contributed by atoms with Crippen LogP contribution in [-0.2, 0) is 16.9 Å². The quantitative estimate of drug-likeness (QED) is 0.666. The van der Waals surface area contributed by atoms with Crippen molar-refractivity contribution >= 4 is 32.6 Å². The van der Waals surface area contributed by atoms with Gasteiger partial charge in [-0.15, -0.1) is 11.3 Å². The van der Waals surface area contributed by atoms with Crippen LogP contribution in [0.4, 0.5) is 0 Å². The van der Waals surface area contributed by atoms with Gasteiger partial charge < -0.3 is 4.55 Å². The summed E-state index contributed by atoms with van der Waals surface area (Å²) in [6, 6.07) is 13.0. The Morgan fingerprint density at radius 1 is 1.13 bits per heavy atom. The molecule has 3 aromatic rings. The maximum atomic E-state index is 12.1. The van der Waals surface area contributed by atoms with Crippen LogP contribution in [0.15, 0.2) is 47.3 Å². The molecule has 0 aliphatic heterocycles. The fourth-order valence-corrected chi connectivity index (χ4v) is 4.32. The van der Waals surface area contributed by atoms with E-state index >= 15 is 0 Å². The van der Waals surface area contributed by atoms with Crippen LogP contribution >= 0.6 is 11.3 Å². The number of rotatable bonds is 5. The molecular weight excluding hydrogens is 328 g/mol. The molecule has 0 spiro atoms. The molecule has 2 aromatic heterocycles.